The van der Waals surface area contributed by atoms with Crippen LogP contribution in [0.3, 0.4) is 0 Å². The molecule has 0 aliphatic carbocycles. The van der Waals surface area contributed by atoms with Gasteiger partial charge in [-0.25, -0.2) is 17.6 Å². The molecule has 1 aliphatic rings. The minimum absolute atomic E-state index is 0.132. The first-order chi connectivity index (χ1) is 11.4. The number of hydrogen-bond acceptors (Lipinski definition) is 5. The SMILES string of the molecule is O=C(O)c1cc(F)ccc1NS(=O)(=O)c1ccc2c(c1)OCCO2. The van der Waals surface area contributed by atoms with Crippen molar-refractivity contribution in [3.63, 3.8) is 0 Å². The molecule has 0 bridgehead atoms. The molecule has 0 unspecified atom stereocenters. The summed E-state index contributed by atoms with van der Waals surface area (Å²) in [5.41, 5.74) is -0.727. The Morgan fingerprint density at radius 1 is 1.08 bits per heavy atom. The summed E-state index contributed by atoms with van der Waals surface area (Å²) < 4.78 is 50.9. The molecule has 7 nitrogen and oxygen atoms in total. The van der Waals surface area contributed by atoms with Crippen LogP contribution >= 0.6 is 0 Å². The number of fused-ring (bicyclic) bond motifs is 1. The second-order valence-corrected chi connectivity index (χ2v) is 6.59. The van der Waals surface area contributed by atoms with Crippen LogP contribution in [0.2, 0.25) is 0 Å². The number of ether oxygens (including phenoxy) is 2. The molecule has 1 aliphatic heterocycles. The molecular formula is C15H12FNO6S. The number of halogens is 1. The van der Waals surface area contributed by atoms with Crippen molar-refractivity contribution in [2.24, 2.45) is 0 Å². The van der Waals surface area contributed by atoms with E-state index in [9.17, 15) is 17.6 Å². The predicted octanol–water partition coefficient (Wildman–Crippen LogP) is 2.10. The average molecular weight is 353 g/mol. The van der Waals surface area contributed by atoms with Gasteiger partial charge in [0.2, 0.25) is 0 Å². The van der Waals surface area contributed by atoms with Crippen molar-refractivity contribution in [3.05, 3.63) is 47.8 Å². The van der Waals surface area contributed by atoms with E-state index in [2.05, 4.69) is 4.72 Å². The highest BCUT2D eigenvalue weighted by atomic mass is 32.2. The number of nitrogens with one attached hydrogen (secondary N) is 1. The molecule has 9 heteroatoms. The number of carboxylic acid groups (broad SMARTS) is 1. The van der Waals surface area contributed by atoms with E-state index in [1.165, 1.54) is 18.2 Å². The monoisotopic (exact) mass is 353 g/mol. The number of carboxylic acids is 1. The summed E-state index contributed by atoms with van der Waals surface area (Å²) in [6.07, 6.45) is 0. The molecule has 2 aromatic rings. The summed E-state index contributed by atoms with van der Waals surface area (Å²) in [6, 6.07) is 6.79. The van der Waals surface area contributed by atoms with Gasteiger partial charge >= 0.3 is 5.97 Å². The largest absolute Gasteiger partial charge is 0.486 e. The van der Waals surface area contributed by atoms with E-state index in [1.54, 1.807) is 0 Å². The van der Waals surface area contributed by atoms with E-state index < -0.39 is 27.4 Å². The Balaban J connectivity index is 1.96. The Morgan fingerprint density at radius 3 is 2.50 bits per heavy atom. The van der Waals surface area contributed by atoms with Crippen molar-refractivity contribution >= 4 is 21.7 Å². The molecule has 2 aromatic carbocycles. The highest BCUT2D eigenvalue weighted by molar-refractivity contribution is 7.92. The van der Waals surface area contributed by atoms with Crippen molar-refractivity contribution in [2.45, 2.75) is 4.90 Å². The van der Waals surface area contributed by atoms with E-state index in [-0.39, 0.29) is 16.3 Å². The molecular weight excluding hydrogens is 341 g/mol. The van der Waals surface area contributed by atoms with Crippen LogP contribution in [-0.4, -0.2) is 32.7 Å². The summed E-state index contributed by atoms with van der Waals surface area (Å²) in [7, 11) is -4.09. The normalized spacial score (nSPS) is 13.4. The maximum atomic E-state index is 13.2. The number of anilines is 1. The third-order valence-electron chi connectivity index (χ3n) is 3.28. The number of carbonyl (C=O) groups is 1. The Bertz CT molecular complexity index is 912. The molecule has 0 spiro atoms. The van der Waals surface area contributed by atoms with Crippen LogP contribution in [0.4, 0.5) is 10.1 Å². The van der Waals surface area contributed by atoms with Gasteiger partial charge in [-0.05, 0) is 30.3 Å². The quantitative estimate of drug-likeness (QED) is 0.873. The molecule has 0 amide bonds. The Kier molecular flexibility index (Phi) is 4.02. The standard InChI is InChI=1S/C15H12FNO6S/c16-9-1-3-12(11(7-9)15(18)19)17-24(20,21)10-2-4-13-14(8-10)23-6-5-22-13/h1-4,7-8,17H,5-6H2,(H,18,19). The van der Waals surface area contributed by atoms with Gasteiger partial charge in [0.25, 0.3) is 10.0 Å². The topological polar surface area (TPSA) is 102 Å². The molecule has 126 valence electrons. The van der Waals surface area contributed by atoms with Gasteiger partial charge in [-0.15, -0.1) is 0 Å². The smallest absolute Gasteiger partial charge is 0.337 e. The fourth-order valence-corrected chi connectivity index (χ4v) is 3.27. The van der Waals surface area contributed by atoms with E-state index in [0.717, 1.165) is 18.2 Å². The third kappa shape index (κ3) is 3.11. The van der Waals surface area contributed by atoms with Crippen LogP contribution in [-0.2, 0) is 10.0 Å². The lowest BCUT2D eigenvalue weighted by Gasteiger charge is -2.19. The van der Waals surface area contributed by atoms with Gasteiger partial charge in [-0.1, -0.05) is 0 Å². The summed E-state index contributed by atoms with van der Waals surface area (Å²) in [5.74, 6) is -1.53. The minimum Gasteiger partial charge on any atom is -0.486 e. The third-order valence-corrected chi connectivity index (χ3v) is 4.64. The molecule has 1 heterocycles. The highest BCUT2D eigenvalue weighted by Crippen LogP contribution is 2.33. The van der Waals surface area contributed by atoms with Crippen molar-refractivity contribution < 1.29 is 32.2 Å². The Morgan fingerprint density at radius 2 is 1.79 bits per heavy atom. The van der Waals surface area contributed by atoms with Crippen LogP contribution in [0.15, 0.2) is 41.3 Å². The van der Waals surface area contributed by atoms with Crippen LogP contribution < -0.4 is 14.2 Å². The number of hydrogen-bond donors (Lipinski definition) is 2. The molecule has 3 rings (SSSR count). The molecule has 0 saturated carbocycles. The molecule has 2 N–H and O–H groups in total. The zero-order valence-corrected chi connectivity index (χ0v) is 13.0. The highest BCUT2D eigenvalue weighted by Gasteiger charge is 2.22. The molecule has 0 fully saturated rings. The molecule has 0 radical (unpaired) electrons. The van der Waals surface area contributed by atoms with Crippen molar-refractivity contribution in [1.82, 2.24) is 0 Å². The van der Waals surface area contributed by atoms with E-state index in [1.807, 2.05) is 0 Å². The van der Waals surface area contributed by atoms with Crippen molar-refractivity contribution in [2.75, 3.05) is 17.9 Å². The van der Waals surface area contributed by atoms with Crippen LogP contribution in [0, 0.1) is 5.82 Å². The molecule has 0 atom stereocenters. The zero-order valence-electron chi connectivity index (χ0n) is 12.2. The first kappa shape index (κ1) is 16.1. The van der Waals surface area contributed by atoms with Crippen LogP contribution in [0.25, 0.3) is 0 Å². The molecule has 24 heavy (non-hydrogen) atoms. The van der Waals surface area contributed by atoms with Crippen LogP contribution in [0.5, 0.6) is 11.5 Å². The van der Waals surface area contributed by atoms with E-state index >= 15 is 0 Å². The van der Waals surface area contributed by atoms with Crippen molar-refractivity contribution in [1.29, 1.82) is 0 Å². The maximum Gasteiger partial charge on any atom is 0.337 e. The first-order valence-corrected chi connectivity index (χ1v) is 8.30. The molecule has 0 aromatic heterocycles. The van der Waals surface area contributed by atoms with Gasteiger partial charge in [0.05, 0.1) is 16.1 Å². The summed E-state index contributed by atoms with van der Waals surface area (Å²) in [6.45, 7) is 0.667. The summed E-state index contributed by atoms with van der Waals surface area (Å²) in [4.78, 5) is 11.0. The summed E-state index contributed by atoms with van der Waals surface area (Å²) in [5, 5.41) is 9.08. The lowest BCUT2D eigenvalue weighted by molar-refractivity contribution is 0.0697. The first-order valence-electron chi connectivity index (χ1n) is 6.82. The van der Waals surface area contributed by atoms with Gasteiger partial charge in [0.1, 0.15) is 19.0 Å². The number of sulfonamides is 1. The van der Waals surface area contributed by atoms with Gasteiger partial charge in [0.15, 0.2) is 11.5 Å². The molecule has 0 saturated heterocycles. The Hall–Kier alpha value is -2.81. The Labute approximate surface area is 136 Å². The lowest BCUT2D eigenvalue weighted by Crippen LogP contribution is -2.18. The van der Waals surface area contributed by atoms with Gasteiger partial charge < -0.3 is 14.6 Å². The number of aromatic carboxylic acids is 1. The fraction of sp³-hybridized carbons (Fsp3) is 0.133. The van der Waals surface area contributed by atoms with Crippen LogP contribution in [0.1, 0.15) is 10.4 Å². The predicted molar refractivity (Wildman–Crippen MR) is 81.6 cm³/mol. The minimum atomic E-state index is -4.09. The van der Waals surface area contributed by atoms with Gasteiger partial charge in [-0.3, -0.25) is 4.72 Å². The zero-order chi connectivity index (χ0) is 17.3. The average Bonchev–Trinajstić information content (AvgIpc) is 2.55. The fourth-order valence-electron chi connectivity index (χ4n) is 2.18. The van der Waals surface area contributed by atoms with Crippen molar-refractivity contribution in [3.8, 4) is 11.5 Å². The number of benzene rings is 2. The van der Waals surface area contributed by atoms with Gasteiger partial charge in [0, 0.05) is 6.07 Å². The van der Waals surface area contributed by atoms with E-state index in [0.29, 0.717) is 19.0 Å². The lowest BCUT2D eigenvalue weighted by atomic mass is 10.2. The second-order valence-electron chi connectivity index (χ2n) is 4.91. The number of rotatable bonds is 4. The maximum absolute atomic E-state index is 13.2. The van der Waals surface area contributed by atoms with E-state index in [4.69, 9.17) is 14.6 Å². The van der Waals surface area contributed by atoms with Gasteiger partial charge in [-0.2, -0.15) is 0 Å². The summed E-state index contributed by atoms with van der Waals surface area (Å²) >= 11 is 0. The second kappa shape index (κ2) is 6.00.